The number of aromatic nitrogens is 2. The Morgan fingerprint density at radius 1 is 1.12 bits per heavy atom. The second kappa shape index (κ2) is 7.49. The smallest absolute Gasteiger partial charge is 0.230 e. The number of aryl methyl sites for hydroxylation is 1. The monoisotopic (exact) mass is 354 g/mol. The first-order valence-corrected chi connectivity index (χ1v) is 9.94. The van der Waals surface area contributed by atoms with Gasteiger partial charge in [-0.1, -0.05) is 37.3 Å². The van der Waals surface area contributed by atoms with Crippen molar-refractivity contribution in [2.24, 2.45) is 5.41 Å². The molecule has 0 saturated carbocycles. The van der Waals surface area contributed by atoms with Gasteiger partial charge in [-0.05, 0) is 55.8 Å². The molecule has 0 radical (unpaired) electrons. The van der Waals surface area contributed by atoms with E-state index < -0.39 is 0 Å². The summed E-state index contributed by atoms with van der Waals surface area (Å²) in [5.41, 5.74) is 1.96. The number of hydrogen-bond donors (Lipinski definition) is 0. The van der Waals surface area contributed by atoms with Crippen molar-refractivity contribution in [1.82, 2.24) is 20.0 Å². The molecule has 1 aromatic heterocycles. The summed E-state index contributed by atoms with van der Waals surface area (Å²) in [6.45, 7) is 10.8. The van der Waals surface area contributed by atoms with Crippen molar-refractivity contribution in [2.75, 3.05) is 32.7 Å². The fourth-order valence-corrected chi connectivity index (χ4v) is 4.83. The van der Waals surface area contributed by atoms with Crippen LogP contribution >= 0.6 is 0 Å². The average molecular weight is 354 g/mol. The summed E-state index contributed by atoms with van der Waals surface area (Å²) >= 11 is 0. The Labute approximate surface area is 156 Å². The lowest BCUT2D eigenvalue weighted by atomic mass is 9.68. The summed E-state index contributed by atoms with van der Waals surface area (Å²) in [5.74, 6) is 2.07. The molecule has 2 saturated heterocycles. The second-order valence-electron chi connectivity index (χ2n) is 8.13. The Kier molecular flexibility index (Phi) is 5.09. The highest BCUT2D eigenvalue weighted by molar-refractivity contribution is 5.21. The molecule has 1 aromatic carbocycles. The number of hydrogen-bond acceptors (Lipinski definition) is 5. The summed E-state index contributed by atoms with van der Waals surface area (Å²) in [6.07, 6.45) is 3.85. The fraction of sp³-hybridized carbons (Fsp3) is 0.619. The molecule has 2 aliphatic heterocycles. The summed E-state index contributed by atoms with van der Waals surface area (Å²) in [4.78, 5) is 5.14. The van der Waals surface area contributed by atoms with E-state index in [-0.39, 0.29) is 0 Å². The lowest BCUT2D eigenvalue weighted by Gasteiger charge is -2.50. The third-order valence-corrected chi connectivity index (χ3v) is 6.28. The molecule has 2 fully saturated rings. The zero-order valence-corrected chi connectivity index (χ0v) is 16.0. The van der Waals surface area contributed by atoms with Crippen LogP contribution < -0.4 is 0 Å². The lowest BCUT2D eigenvalue weighted by Crippen LogP contribution is -2.51. The average Bonchev–Trinajstić information content (AvgIpc) is 3.09. The molecule has 4 rings (SSSR count). The van der Waals surface area contributed by atoms with Crippen molar-refractivity contribution < 1.29 is 4.42 Å². The van der Waals surface area contributed by atoms with E-state index in [1.165, 1.54) is 37.9 Å². The summed E-state index contributed by atoms with van der Waals surface area (Å²) in [7, 11) is 0. The van der Waals surface area contributed by atoms with E-state index in [1.54, 1.807) is 0 Å². The third-order valence-electron chi connectivity index (χ3n) is 6.28. The van der Waals surface area contributed by atoms with Gasteiger partial charge in [0.25, 0.3) is 0 Å². The summed E-state index contributed by atoms with van der Waals surface area (Å²) in [6, 6.07) is 11.1. The molecular weight excluding hydrogens is 324 g/mol. The van der Waals surface area contributed by atoms with E-state index in [1.807, 2.05) is 6.92 Å². The zero-order valence-electron chi connectivity index (χ0n) is 16.0. The van der Waals surface area contributed by atoms with Gasteiger partial charge < -0.3 is 9.32 Å². The van der Waals surface area contributed by atoms with Crippen molar-refractivity contribution in [3.8, 4) is 0 Å². The Bertz CT molecular complexity index is 706. The molecule has 2 aliphatic rings. The Morgan fingerprint density at radius 3 is 2.54 bits per heavy atom. The van der Waals surface area contributed by atoms with Crippen molar-refractivity contribution in [3.63, 3.8) is 0 Å². The van der Waals surface area contributed by atoms with Crippen molar-refractivity contribution in [1.29, 1.82) is 0 Å². The minimum absolute atomic E-state index is 0.454. The molecule has 2 aromatic rings. The number of likely N-dealkylation sites (N-methyl/N-ethyl adjacent to an activating group) is 1. The van der Waals surface area contributed by atoms with E-state index in [4.69, 9.17) is 4.42 Å². The fourth-order valence-electron chi connectivity index (χ4n) is 4.83. The van der Waals surface area contributed by atoms with Gasteiger partial charge >= 0.3 is 0 Å². The minimum Gasteiger partial charge on any atom is -0.424 e. The summed E-state index contributed by atoms with van der Waals surface area (Å²) < 4.78 is 5.56. The van der Waals surface area contributed by atoms with Crippen LogP contribution in [0.3, 0.4) is 0 Å². The van der Waals surface area contributed by atoms with E-state index in [0.717, 1.165) is 32.1 Å². The second-order valence-corrected chi connectivity index (χ2v) is 8.13. The highest BCUT2D eigenvalue weighted by Crippen LogP contribution is 2.45. The molecule has 1 atom stereocenters. The predicted molar refractivity (Wildman–Crippen MR) is 102 cm³/mol. The molecule has 5 heteroatoms. The minimum atomic E-state index is 0.454. The van der Waals surface area contributed by atoms with Crippen LogP contribution in [0.2, 0.25) is 0 Å². The molecule has 3 heterocycles. The van der Waals surface area contributed by atoms with Crippen LogP contribution in [-0.4, -0.2) is 52.7 Å². The highest BCUT2D eigenvalue weighted by Gasteiger charge is 2.41. The third kappa shape index (κ3) is 3.84. The quantitative estimate of drug-likeness (QED) is 0.841. The number of piperidine rings is 2. The maximum Gasteiger partial charge on any atom is 0.230 e. The molecule has 1 unspecified atom stereocenters. The Morgan fingerprint density at radius 2 is 1.88 bits per heavy atom. The van der Waals surface area contributed by atoms with Crippen molar-refractivity contribution in [3.05, 3.63) is 47.7 Å². The highest BCUT2D eigenvalue weighted by atomic mass is 16.4. The standard InChI is InChI=1S/C21H30N4O/c1-3-24-14-19(18-7-5-4-6-8-18)13-21(16-24)9-11-25(12-10-21)15-20-23-22-17(2)26-20/h4-8,19H,3,9-16H2,1-2H3. The maximum atomic E-state index is 5.56. The van der Waals surface area contributed by atoms with Gasteiger partial charge in [0, 0.05) is 20.0 Å². The van der Waals surface area contributed by atoms with Crippen molar-refractivity contribution in [2.45, 2.75) is 45.6 Å². The van der Waals surface area contributed by atoms with E-state index in [2.05, 4.69) is 57.3 Å². The molecule has 1 spiro atoms. The molecule has 0 aliphatic carbocycles. The topological polar surface area (TPSA) is 45.4 Å². The number of nitrogens with zero attached hydrogens (tertiary/aromatic N) is 4. The van der Waals surface area contributed by atoms with Crippen molar-refractivity contribution >= 4 is 0 Å². The molecule has 5 nitrogen and oxygen atoms in total. The molecular formula is C21H30N4O. The SMILES string of the molecule is CCN1CC(c2ccccc2)CC2(CCN(Cc3nnc(C)o3)CC2)C1. The van der Waals surface area contributed by atoms with Gasteiger partial charge in [-0.15, -0.1) is 10.2 Å². The largest absolute Gasteiger partial charge is 0.424 e. The van der Waals surface area contributed by atoms with E-state index in [0.29, 0.717) is 17.2 Å². The van der Waals surface area contributed by atoms with Crippen LogP contribution in [0.4, 0.5) is 0 Å². The van der Waals surface area contributed by atoms with Crippen LogP contribution in [0, 0.1) is 12.3 Å². The van der Waals surface area contributed by atoms with Gasteiger partial charge in [0.15, 0.2) is 0 Å². The number of benzene rings is 1. The van der Waals surface area contributed by atoms with Gasteiger partial charge in [-0.2, -0.15) is 0 Å². The molecule has 0 amide bonds. The lowest BCUT2D eigenvalue weighted by molar-refractivity contribution is 0.0117. The van der Waals surface area contributed by atoms with Gasteiger partial charge in [-0.25, -0.2) is 0 Å². The van der Waals surface area contributed by atoms with E-state index >= 15 is 0 Å². The molecule has 0 bridgehead atoms. The Balaban J connectivity index is 1.42. The first-order valence-electron chi connectivity index (χ1n) is 9.94. The van der Waals surface area contributed by atoms with Gasteiger partial charge in [0.2, 0.25) is 11.8 Å². The number of rotatable bonds is 4. The molecule has 0 N–H and O–H groups in total. The maximum absolute atomic E-state index is 5.56. The summed E-state index contributed by atoms with van der Waals surface area (Å²) in [5, 5.41) is 8.10. The van der Waals surface area contributed by atoms with E-state index in [9.17, 15) is 0 Å². The predicted octanol–water partition coefficient (Wildman–Crippen LogP) is 3.47. The van der Waals surface area contributed by atoms with Gasteiger partial charge in [0.1, 0.15) is 0 Å². The van der Waals surface area contributed by atoms with Crippen LogP contribution in [0.15, 0.2) is 34.7 Å². The van der Waals surface area contributed by atoms with Crippen LogP contribution in [0.1, 0.15) is 49.4 Å². The normalized spacial score (nSPS) is 24.2. The van der Waals surface area contributed by atoms with Crippen LogP contribution in [-0.2, 0) is 6.54 Å². The van der Waals surface area contributed by atoms with Crippen LogP contribution in [0.5, 0.6) is 0 Å². The first-order chi connectivity index (χ1) is 12.7. The molecule has 140 valence electrons. The molecule has 26 heavy (non-hydrogen) atoms. The van der Waals surface area contributed by atoms with Gasteiger partial charge in [-0.3, -0.25) is 4.90 Å². The number of likely N-dealkylation sites (tertiary alicyclic amines) is 2. The zero-order chi connectivity index (χ0) is 18.0. The van der Waals surface area contributed by atoms with Gasteiger partial charge in [0.05, 0.1) is 6.54 Å². The first kappa shape index (κ1) is 17.7. The Hall–Kier alpha value is -1.72. The van der Waals surface area contributed by atoms with Crippen LogP contribution in [0.25, 0.3) is 0 Å².